The predicted molar refractivity (Wildman–Crippen MR) is 72.5 cm³/mol. The van der Waals surface area contributed by atoms with Gasteiger partial charge >= 0.3 is 11.9 Å². The summed E-state index contributed by atoms with van der Waals surface area (Å²) in [5.41, 5.74) is 5.86. The van der Waals surface area contributed by atoms with Gasteiger partial charge in [0.05, 0.1) is 19.6 Å². The Morgan fingerprint density at radius 2 is 1.72 bits per heavy atom. The SMILES string of the molecule is CCOC(=O)CCC(N)CC(S)CC(=O)OCC. The van der Waals surface area contributed by atoms with Crippen molar-refractivity contribution in [2.75, 3.05) is 13.2 Å². The van der Waals surface area contributed by atoms with Crippen LogP contribution in [0.3, 0.4) is 0 Å². The average molecular weight is 277 g/mol. The quantitative estimate of drug-likeness (QED) is 0.490. The number of esters is 2. The maximum atomic E-state index is 11.2. The number of ether oxygens (including phenoxy) is 2. The summed E-state index contributed by atoms with van der Waals surface area (Å²) in [6.07, 6.45) is 1.65. The molecular formula is C12H23NO4S. The smallest absolute Gasteiger partial charge is 0.306 e. The van der Waals surface area contributed by atoms with Crippen molar-refractivity contribution in [1.29, 1.82) is 0 Å². The molecule has 0 aromatic rings. The van der Waals surface area contributed by atoms with Crippen LogP contribution in [0.5, 0.6) is 0 Å². The normalized spacial score (nSPS) is 13.8. The lowest BCUT2D eigenvalue weighted by molar-refractivity contribution is -0.144. The summed E-state index contributed by atoms with van der Waals surface area (Å²) in [6, 6.07) is -0.161. The number of nitrogens with two attached hydrogens (primary N) is 1. The first-order valence-electron chi connectivity index (χ1n) is 6.24. The van der Waals surface area contributed by atoms with Crippen LogP contribution in [0.1, 0.15) is 39.5 Å². The highest BCUT2D eigenvalue weighted by molar-refractivity contribution is 7.81. The molecule has 0 aromatic carbocycles. The lowest BCUT2D eigenvalue weighted by Crippen LogP contribution is -2.26. The Hall–Kier alpha value is -0.750. The predicted octanol–water partition coefficient (Wildman–Crippen LogP) is 1.30. The summed E-state index contributed by atoms with van der Waals surface area (Å²) in [5.74, 6) is -0.510. The Morgan fingerprint density at radius 3 is 2.28 bits per heavy atom. The standard InChI is InChI=1S/C12H23NO4S/c1-3-16-11(14)6-5-9(13)7-10(18)8-12(15)17-4-2/h9-10,18H,3-8,13H2,1-2H3. The van der Waals surface area contributed by atoms with Gasteiger partial charge in [-0.3, -0.25) is 9.59 Å². The topological polar surface area (TPSA) is 78.6 Å². The van der Waals surface area contributed by atoms with Gasteiger partial charge in [0.2, 0.25) is 0 Å². The van der Waals surface area contributed by atoms with Gasteiger partial charge in [0, 0.05) is 17.7 Å². The molecule has 2 unspecified atom stereocenters. The van der Waals surface area contributed by atoms with Gasteiger partial charge in [0.1, 0.15) is 0 Å². The van der Waals surface area contributed by atoms with Crippen LogP contribution in [-0.2, 0) is 19.1 Å². The summed E-state index contributed by atoms with van der Waals surface area (Å²) in [7, 11) is 0. The fourth-order valence-corrected chi connectivity index (χ4v) is 1.92. The molecule has 0 radical (unpaired) electrons. The highest BCUT2D eigenvalue weighted by atomic mass is 32.1. The monoisotopic (exact) mass is 277 g/mol. The van der Waals surface area contributed by atoms with Crippen LogP contribution in [0.2, 0.25) is 0 Å². The van der Waals surface area contributed by atoms with Crippen molar-refractivity contribution >= 4 is 24.6 Å². The second kappa shape index (κ2) is 10.2. The number of hydrogen-bond donors (Lipinski definition) is 2. The van der Waals surface area contributed by atoms with Crippen molar-refractivity contribution in [1.82, 2.24) is 0 Å². The fourth-order valence-electron chi connectivity index (χ4n) is 1.50. The van der Waals surface area contributed by atoms with Gasteiger partial charge in [-0.05, 0) is 26.7 Å². The van der Waals surface area contributed by atoms with Gasteiger partial charge in [-0.2, -0.15) is 12.6 Å². The summed E-state index contributed by atoms with van der Waals surface area (Å²) in [6.45, 7) is 4.28. The molecule has 0 aliphatic heterocycles. The summed E-state index contributed by atoms with van der Waals surface area (Å²) in [4.78, 5) is 22.3. The van der Waals surface area contributed by atoms with Gasteiger partial charge in [-0.1, -0.05) is 0 Å². The molecule has 2 N–H and O–H groups in total. The largest absolute Gasteiger partial charge is 0.466 e. The molecule has 0 saturated carbocycles. The van der Waals surface area contributed by atoms with Gasteiger partial charge in [0.15, 0.2) is 0 Å². The molecule has 0 amide bonds. The van der Waals surface area contributed by atoms with Crippen LogP contribution in [-0.4, -0.2) is 36.4 Å². The minimum atomic E-state index is -0.268. The molecule has 0 fully saturated rings. The van der Waals surface area contributed by atoms with E-state index in [0.717, 1.165) is 0 Å². The van der Waals surface area contributed by atoms with Crippen LogP contribution in [0.4, 0.5) is 0 Å². The summed E-state index contributed by atoms with van der Waals surface area (Å²) >= 11 is 4.29. The van der Waals surface area contributed by atoms with Crippen LogP contribution in [0, 0.1) is 0 Å². The second-order valence-electron chi connectivity index (χ2n) is 4.00. The van der Waals surface area contributed by atoms with Crippen molar-refractivity contribution in [3.8, 4) is 0 Å². The Bertz CT molecular complexity index is 260. The molecule has 0 spiro atoms. The van der Waals surface area contributed by atoms with E-state index in [0.29, 0.717) is 32.5 Å². The average Bonchev–Trinajstić information content (AvgIpc) is 2.26. The van der Waals surface area contributed by atoms with Crippen LogP contribution in [0.15, 0.2) is 0 Å². The molecule has 5 nitrogen and oxygen atoms in total. The van der Waals surface area contributed by atoms with Crippen molar-refractivity contribution < 1.29 is 19.1 Å². The third-order valence-corrected chi connectivity index (χ3v) is 2.70. The number of hydrogen-bond acceptors (Lipinski definition) is 6. The minimum Gasteiger partial charge on any atom is -0.466 e. The van der Waals surface area contributed by atoms with Crippen LogP contribution >= 0.6 is 12.6 Å². The Balaban J connectivity index is 3.76. The molecule has 0 aromatic heterocycles. The first-order valence-corrected chi connectivity index (χ1v) is 6.76. The minimum absolute atomic E-state index is 0.138. The second-order valence-corrected chi connectivity index (χ2v) is 4.73. The van der Waals surface area contributed by atoms with E-state index in [2.05, 4.69) is 12.6 Å². The lowest BCUT2D eigenvalue weighted by atomic mass is 10.1. The zero-order valence-corrected chi connectivity index (χ0v) is 11.9. The Kier molecular flexibility index (Phi) is 9.77. The van der Waals surface area contributed by atoms with E-state index in [9.17, 15) is 9.59 Å². The Morgan fingerprint density at radius 1 is 1.17 bits per heavy atom. The maximum absolute atomic E-state index is 11.2. The van der Waals surface area contributed by atoms with E-state index in [1.54, 1.807) is 13.8 Å². The highest BCUT2D eigenvalue weighted by Crippen LogP contribution is 2.12. The third-order valence-electron chi connectivity index (χ3n) is 2.31. The number of rotatable bonds is 9. The van der Waals surface area contributed by atoms with E-state index in [4.69, 9.17) is 15.2 Å². The molecule has 0 aliphatic rings. The maximum Gasteiger partial charge on any atom is 0.306 e. The third kappa shape index (κ3) is 9.30. The molecule has 6 heteroatoms. The first-order chi connectivity index (χ1) is 8.49. The van der Waals surface area contributed by atoms with Crippen molar-refractivity contribution in [3.05, 3.63) is 0 Å². The molecular weight excluding hydrogens is 254 g/mol. The number of carbonyl (C=O) groups is 2. The molecule has 0 heterocycles. The van der Waals surface area contributed by atoms with E-state index < -0.39 is 0 Å². The van der Waals surface area contributed by atoms with Crippen LogP contribution in [0.25, 0.3) is 0 Å². The van der Waals surface area contributed by atoms with Gasteiger partial charge in [0.25, 0.3) is 0 Å². The first kappa shape index (κ1) is 17.2. The molecule has 0 bridgehead atoms. The highest BCUT2D eigenvalue weighted by Gasteiger charge is 2.15. The number of thiol groups is 1. The van der Waals surface area contributed by atoms with E-state index in [1.165, 1.54) is 0 Å². The molecule has 0 rings (SSSR count). The van der Waals surface area contributed by atoms with Crippen molar-refractivity contribution in [2.45, 2.75) is 50.8 Å². The van der Waals surface area contributed by atoms with Crippen molar-refractivity contribution in [2.24, 2.45) is 5.73 Å². The molecule has 0 saturated heterocycles. The summed E-state index contributed by atoms with van der Waals surface area (Å²) in [5, 5.41) is -0.138. The van der Waals surface area contributed by atoms with E-state index in [-0.39, 0.29) is 29.7 Å². The fraction of sp³-hybridized carbons (Fsp3) is 0.833. The molecule has 0 aliphatic carbocycles. The van der Waals surface area contributed by atoms with E-state index in [1.807, 2.05) is 0 Å². The summed E-state index contributed by atoms with van der Waals surface area (Å²) < 4.78 is 9.63. The van der Waals surface area contributed by atoms with Gasteiger partial charge in [-0.15, -0.1) is 0 Å². The van der Waals surface area contributed by atoms with Gasteiger partial charge in [-0.25, -0.2) is 0 Å². The lowest BCUT2D eigenvalue weighted by Gasteiger charge is -2.15. The van der Waals surface area contributed by atoms with E-state index >= 15 is 0 Å². The van der Waals surface area contributed by atoms with Crippen molar-refractivity contribution in [3.63, 3.8) is 0 Å². The number of carbonyl (C=O) groups excluding carboxylic acids is 2. The van der Waals surface area contributed by atoms with Crippen LogP contribution < -0.4 is 5.73 Å². The molecule has 2 atom stereocenters. The zero-order chi connectivity index (χ0) is 14.0. The molecule has 106 valence electrons. The molecule has 18 heavy (non-hydrogen) atoms. The van der Waals surface area contributed by atoms with Gasteiger partial charge < -0.3 is 15.2 Å². The zero-order valence-electron chi connectivity index (χ0n) is 11.1. The Labute approximate surface area is 114 Å².